The minimum atomic E-state index is -0.696. The van der Waals surface area contributed by atoms with Crippen LogP contribution in [0.4, 0.5) is 5.69 Å². The van der Waals surface area contributed by atoms with Gasteiger partial charge in [-0.1, -0.05) is 44.9 Å². The molecular formula is C16H24N2O. The maximum atomic E-state index is 12.5. The number of para-hydroxylation sites is 1. The highest BCUT2D eigenvalue weighted by Gasteiger charge is 2.38. The van der Waals surface area contributed by atoms with Crippen molar-refractivity contribution >= 4 is 11.6 Å². The van der Waals surface area contributed by atoms with Gasteiger partial charge in [0.1, 0.15) is 0 Å². The molecule has 0 bridgehead atoms. The van der Waals surface area contributed by atoms with E-state index in [-0.39, 0.29) is 5.91 Å². The first-order valence-corrected chi connectivity index (χ1v) is 7.23. The number of benzene rings is 1. The Balaban J connectivity index is 2.12. The van der Waals surface area contributed by atoms with Crippen LogP contribution in [-0.2, 0) is 11.2 Å². The number of carbonyl (C=O) groups excluding carboxylic acids is 1. The lowest BCUT2D eigenvalue weighted by Gasteiger charge is -2.35. The smallest absolute Gasteiger partial charge is 0.244 e. The average molecular weight is 260 g/mol. The van der Waals surface area contributed by atoms with Gasteiger partial charge in [0.25, 0.3) is 0 Å². The molecule has 19 heavy (non-hydrogen) atoms. The van der Waals surface area contributed by atoms with E-state index in [1.807, 2.05) is 24.3 Å². The number of hydrogen-bond donors (Lipinski definition) is 2. The molecule has 0 heterocycles. The Bertz CT molecular complexity index is 458. The SMILES string of the molecule is CCc1ccccc1NC(=O)C1(N)CCCC(C)C1. The number of carbonyl (C=O) groups is 1. The van der Waals surface area contributed by atoms with E-state index in [4.69, 9.17) is 5.73 Å². The van der Waals surface area contributed by atoms with E-state index in [0.29, 0.717) is 5.92 Å². The molecule has 104 valence electrons. The predicted molar refractivity (Wildman–Crippen MR) is 79.0 cm³/mol. The third kappa shape index (κ3) is 3.16. The van der Waals surface area contributed by atoms with E-state index in [9.17, 15) is 4.79 Å². The highest BCUT2D eigenvalue weighted by molar-refractivity contribution is 5.98. The molecule has 3 heteroatoms. The molecule has 1 fully saturated rings. The summed E-state index contributed by atoms with van der Waals surface area (Å²) in [6.07, 6.45) is 4.70. The Hall–Kier alpha value is -1.35. The number of hydrogen-bond acceptors (Lipinski definition) is 2. The minimum Gasteiger partial charge on any atom is -0.324 e. The summed E-state index contributed by atoms with van der Waals surface area (Å²) in [4.78, 5) is 12.5. The van der Waals surface area contributed by atoms with Crippen molar-refractivity contribution in [1.29, 1.82) is 0 Å². The zero-order valence-electron chi connectivity index (χ0n) is 11.9. The average Bonchev–Trinajstić information content (AvgIpc) is 2.39. The van der Waals surface area contributed by atoms with Gasteiger partial charge >= 0.3 is 0 Å². The summed E-state index contributed by atoms with van der Waals surface area (Å²) < 4.78 is 0. The van der Waals surface area contributed by atoms with Crippen molar-refractivity contribution in [1.82, 2.24) is 0 Å². The quantitative estimate of drug-likeness (QED) is 0.877. The zero-order valence-corrected chi connectivity index (χ0v) is 11.9. The van der Waals surface area contributed by atoms with Crippen molar-refractivity contribution in [3.63, 3.8) is 0 Å². The third-order valence-corrected chi connectivity index (χ3v) is 4.13. The van der Waals surface area contributed by atoms with Gasteiger partial charge in [0.2, 0.25) is 5.91 Å². The molecule has 1 amide bonds. The monoisotopic (exact) mass is 260 g/mol. The van der Waals surface area contributed by atoms with Crippen LogP contribution in [0.25, 0.3) is 0 Å². The number of amides is 1. The van der Waals surface area contributed by atoms with Crippen molar-refractivity contribution in [2.24, 2.45) is 11.7 Å². The molecule has 1 aliphatic rings. The van der Waals surface area contributed by atoms with E-state index >= 15 is 0 Å². The van der Waals surface area contributed by atoms with Crippen molar-refractivity contribution in [3.8, 4) is 0 Å². The van der Waals surface area contributed by atoms with Crippen LogP contribution in [0.5, 0.6) is 0 Å². The Labute approximate surface area is 115 Å². The predicted octanol–water partition coefficient (Wildman–Crippen LogP) is 3.10. The van der Waals surface area contributed by atoms with Crippen LogP contribution in [0, 0.1) is 5.92 Å². The summed E-state index contributed by atoms with van der Waals surface area (Å²) in [5.41, 5.74) is 7.68. The van der Waals surface area contributed by atoms with Gasteiger partial charge in [-0.3, -0.25) is 4.79 Å². The highest BCUT2D eigenvalue weighted by Crippen LogP contribution is 2.31. The number of nitrogens with two attached hydrogens (primary N) is 1. The van der Waals surface area contributed by atoms with Crippen LogP contribution < -0.4 is 11.1 Å². The first kappa shape index (κ1) is 14.1. The van der Waals surface area contributed by atoms with E-state index in [1.165, 1.54) is 6.42 Å². The molecule has 1 saturated carbocycles. The summed E-state index contributed by atoms with van der Waals surface area (Å²) in [5.74, 6) is 0.505. The summed E-state index contributed by atoms with van der Waals surface area (Å²) in [6, 6.07) is 7.94. The second-order valence-electron chi connectivity index (χ2n) is 5.82. The van der Waals surface area contributed by atoms with Crippen molar-refractivity contribution in [2.45, 2.75) is 51.5 Å². The van der Waals surface area contributed by atoms with E-state index in [0.717, 1.165) is 36.9 Å². The fraction of sp³-hybridized carbons (Fsp3) is 0.562. The van der Waals surface area contributed by atoms with Crippen LogP contribution in [0.15, 0.2) is 24.3 Å². The molecule has 1 aromatic rings. The first-order valence-electron chi connectivity index (χ1n) is 7.23. The van der Waals surface area contributed by atoms with Gasteiger partial charge in [-0.2, -0.15) is 0 Å². The summed E-state index contributed by atoms with van der Waals surface area (Å²) >= 11 is 0. The van der Waals surface area contributed by atoms with Gasteiger partial charge in [-0.15, -0.1) is 0 Å². The maximum absolute atomic E-state index is 12.5. The van der Waals surface area contributed by atoms with E-state index in [2.05, 4.69) is 19.2 Å². The molecule has 3 nitrogen and oxygen atoms in total. The normalized spacial score (nSPS) is 27.0. The topological polar surface area (TPSA) is 55.1 Å². The number of aryl methyl sites for hydroxylation is 1. The van der Waals surface area contributed by atoms with Gasteiger partial charge in [-0.05, 0) is 36.8 Å². The maximum Gasteiger partial charge on any atom is 0.244 e. The van der Waals surface area contributed by atoms with Crippen molar-refractivity contribution < 1.29 is 4.79 Å². The lowest BCUT2D eigenvalue weighted by molar-refractivity contribution is -0.122. The van der Waals surface area contributed by atoms with Gasteiger partial charge < -0.3 is 11.1 Å². The molecule has 0 aromatic heterocycles. The van der Waals surface area contributed by atoms with Gasteiger partial charge in [-0.25, -0.2) is 0 Å². The molecular weight excluding hydrogens is 236 g/mol. The lowest BCUT2D eigenvalue weighted by Crippen LogP contribution is -2.53. The highest BCUT2D eigenvalue weighted by atomic mass is 16.2. The second-order valence-corrected chi connectivity index (χ2v) is 5.82. The summed E-state index contributed by atoms with van der Waals surface area (Å²) in [6.45, 7) is 4.26. The standard InChI is InChI=1S/C16H24N2O/c1-3-13-8-4-5-9-14(13)18-15(19)16(17)10-6-7-12(2)11-16/h4-5,8-9,12H,3,6-7,10-11,17H2,1-2H3,(H,18,19). The zero-order chi connectivity index (χ0) is 13.9. The van der Waals surface area contributed by atoms with Crippen LogP contribution in [0.1, 0.15) is 45.1 Å². The lowest BCUT2D eigenvalue weighted by atomic mass is 9.76. The van der Waals surface area contributed by atoms with Crippen LogP contribution in [-0.4, -0.2) is 11.4 Å². The largest absolute Gasteiger partial charge is 0.324 e. The van der Waals surface area contributed by atoms with Gasteiger partial charge in [0.05, 0.1) is 5.54 Å². The fourth-order valence-electron chi connectivity index (χ4n) is 3.00. The molecule has 0 saturated heterocycles. The molecule has 3 N–H and O–H groups in total. The number of anilines is 1. The first-order chi connectivity index (χ1) is 9.05. The molecule has 1 aliphatic carbocycles. The van der Waals surface area contributed by atoms with Gasteiger partial charge in [0.15, 0.2) is 0 Å². The van der Waals surface area contributed by atoms with Crippen molar-refractivity contribution in [3.05, 3.63) is 29.8 Å². The summed E-state index contributed by atoms with van der Waals surface area (Å²) in [7, 11) is 0. The molecule has 0 aliphatic heterocycles. The molecule has 2 unspecified atom stereocenters. The Morgan fingerprint density at radius 2 is 2.21 bits per heavy atom. The second kappa shape index (κ2) is 5.74. The Kier molecular flexibility index (Phi) is 4.25. The van der Waals surface area contributed by atoms with E-state index < -0.39 is 5.54 Å². The third-order valence-electron chi connectivity index (χ3n) is 4.13. The summed E-state index contributed by atoms with van der Waals surface area (Å²) in [5, 5.41) is 3.03. The van der Waals surface area contributed by atoms with Crippen molar-refractivity contribution in [2.75, 3.05) is 5.32 Å². The van der Waals surface area contributed by atoms with E-state index in [1.54, 1.807) is 0 Å². The molecule has 1 aromatic carbocycles. The van der Waals surface area contributed by atoms with Crippen LogP contribution in [0.2, 0.25) is 0 Å². The number of nitrogens with one attached hydrogen (secondary N) is 1. The molecule has 2 rings (SSSR count). The molecule has 0 radical (unpaired) electrons. The van der Waals surface area contributed by atoms with Crippen LogP contribution >= 0.6 is 0 Å². The Morgan fingerprint density at radius 1 is 1.47 bits per heavy atom. The Morgan fingerprint density at radius 3 is 2.89 bits per heavy atom. The molecule has 2 atom stereocenters. The minimum absolute atomic E-state index is 0.0278. The fourth-order valence-corrected chi connectivity index (χ4v) is 3.00. The molecule has 0 spiro atoms. The van der Waals surface area contributed by atoms with Gasteiger partial charge in [0, 0.05) is 5.69 Å². The number of rotatable bonds is 3. The van der Waals surface area contributed by atoms with Crippen LogP contribution in [0.3, 0.4) is 0 Å².